The summed E-state index contributed by atoms with van der Waals surface area (Å²) in [5.74, 6) is 1.83. The lowest BCUT2D eigenvalue weighted by Gasteiger charge is -2.30. The standard InChI is InChI=1S/C21H24O4/c1-12(2)7-8-14-18-15(9-10-21(4,5)25-18)20-17(19(14)23-6)16(22)11-13(3)24-20/h7,9-11H,8H2,1-6H3. The van der Waals surface area contributed by atoms with Crippen LogP contribution in [0.25, 0.3) is 17.0 Å². The Morgan fingerprint density at radius 2 is 2.04 bits per heavy atom. The summed E-state index contributed by atoms with van der Waals surface area (Å²) in [6.45, 7) is 9.86. The fourth-order valence-corrected chi connectivity index (χ4v) is 3.10. The molecule has 2 aromatic rings. The molecule has 0 saturated heterocycles. The van der Waals surface area contributed by atoms with E-state index in [9.17, 15) is 4.79 Å². The maximum Gasteiger partial charge on any atom is 0.196 e. The Morgan fingerprint density at radius 3 is 2.68 bits per heavy atom. The van der Waals surface area contributed by atoms with Gasteiger partial charge in [-0.1, -0.05) is 11.6 Å². The van der Waals surface area contributed by atoms with Crippen molar-refractivity contribution in [2.45, 2.75) is 46.6 Å². The van der Waals surface area contributed by atoms with Gasteiger partial charge in [-0.3, -0.25) is 4.79 Å². The van der Waals surface area contributed by atoms with Crippen LogP contribution < -0.4 is 14.9 Å². The molecule has 0 fully saturated rings. The number of hydrogen-bond donors (Lipinski definition) is 0. The maximum atomic E-state index is 12.7. The monoisotopic (exact) mass is 340 g/mol. The van der Waals surface area contributed by atoms with E-state index in [0.29, 0.717) is 28.9 Å². The van der Waals surface area contributed by atoms with Crippen LogP contribution in [0, 0.1) is 6.92 Å². The van der Waals surface area contributed by atoms with Gasteiger partial charge in [-0.15, -0.1) is 0 Å². The molecule has 0 amide bonds. The first-order chi connectivity index (χ1) is 11.7. The maximum absolute atomic E-state index is 12.7. The fraction of sp³-hybridized carbons (Fsp3) is 0.381. The van der Waals surface area contributed by atoms with Crippen molar-refractivity contribution in [1.82, 2.24) is 0 Å². The first-order valence-electron chi connectivity index (χ1n) is 8.42. The van der Waals surface area contributed by atoms with Gasteiger partial charge in [0, 0.05) is 11.6 Å². The zero-order chi connectivity index (χ0) is 18.4. The van der Waals surface area contributed by atoms with Gasteiger partial charge in [0.05, 0.1) is 12.7 Å². The fourth-order valence-electron chi connectivity index (χ4n) is 3.10. The predicted molar refractivity (Wildman–Crippen MR) is 101 cm³/mol. The highest BCUT2D eigenvalue weighted by atomic mass is 16.5. The minimum absolute atomic E-state index is 0.102. The number of methoxy groups -OCH3 is 1. The van der Waals surface area contributed by atoms with Crippen LogP contribution in [-0.2, 0) is 6.42 Å². The van der Waals surface area contributed by atoms with Crippen LogP contribution in [0.5, 0.6) is 11.5 Å². The van der Waals surface area contributed by atoms with Crippen molar-refractivity contribution in [2.75, 3.05) is 7.11 Å². The summed E-state index contributed by atoms with van der Waals surface area (Å²) in [5.41, 5.74) is 2.85. The predicted octanol–water partition coefficient (Wildman–Crippen LogP) is 4.80. The van der Waals surface area contributed by atoms with Gasteiger partial charge in [-0.05, 0) is 53.2 Å². The Bertz CT molecular complexity index is 954. The molecule has 0 bridgehead atoms. The molecule has 1 aliphatic rings. The molecule has 0 saturated carbocycles. The molecule has 0 aliphatic carbocycles. The Hall–Kier alpha value is -2.49. The van der Waals surface area contributed by atoms with Crippen molar-refractivity contribution in [3.63, 3.8) is 0 Å². The SMILES string of the molecule is COc1c(CC=C(C)C)c2c(c3oc(C)cc(=O)c13)C=CC(C)(C)O2. The van der Waals surface area contributed by atoms with Gasteiger partial charge in [0.25, 0.3) is 0 Å². The first kappa shape index (κ1) is 17.3. The normalized spacial score (nSPS) is 14.8. The van der Waals surface area contributed by atoms with E-state index in [2.05, 4.69) is 6.08 Å². The lowest BCUT2D eigenvalue weighted by molar-refractivity contribution is 0.157. The van der Waals surface area contributed by atoms with Gasteiger partial charge >= 0.3 is 0 Å². The summed E-state index contributed by atoms with van der Waals surface area (Å²) < 4.78 is 17.8. The molecule has 25 heavy (non-hydrogen) atoms. The van der Waals surface area contributed by atoms with Crippen molar-refractivity contribution in [3.8, 4) is 11.5 Å². The van der Waals surface area contributed by atoms with E-state index >= 15 is 0 Å². The molecule has 1 aromatic carbocycles. The molecule has 4 heteroatoms. The van der Waals surface area contributed by atoms with Gasteiger partial charge in [-0.2, -0.15) is 0 Å². The van der Waals surface area contributed by atoms with Crippen molar-refractivity contribution in [2.24, 2.45) is 0 Å². The average molecular weight is 340 g/mol. The summed E-state index contributed by atoms with van der Waals surface area (Å²) in [6, 6.07) is 1.50. The zero-order valence-corrected chi connectivity index (χ0v) is 15.6. The van der Waals surface area contributed by atoms with Crippen LogP contribution in [0.4, 0.5) is 0 Å². The number of aryl methyl sites for hydroxylation is 1. The summed E-state index contributed by atoms with van der Waals surface area (Å²) in [7, 11) is 1.58. The Labute approximate surface area is 147 Å². The Balaban J connectivity index is 2.46. The molecule has 2 heterocycles. The van der Waals surface area contributed by atoms with Gasteiger partial charge in [0.2, 0.25) is 0 Å². The van der Waals surface area contributed by atoms with Crippen molar-refractivity contribution < 1.29 is 13.9 Å². The summed E-state index contributed by atoms with van der Waals surface area (Å²) in [6.07, 6.45) is 6.69. The van der Waals surface area contributed by atoms with Crippen molar-refractivity contribution in [1.29, 1.82) is 0 Å². The van der Waals surface area contributed by atoms with Crippen LogP contribution in [0.1, 0.15) is 44.6 Å². The van der Waals surface area contributed by atoms with Crippen molar-refractivity contribution >= 4 is 17.0 Å². The number of fused-ring (bicyclic) bond motifs is 3. The van der Waals surface area contributed by atoms with E-state index in [1.807, 2.05) is 39.8 Å². The van der Waals surface area contributed by atoms with Gasteiger partial charge < -0.3 is 13.9 Å². The van der Waals surface area contributed by atoms with Crippen LogP contribution in [0.15, 0.2) is 33.0 Å². The van der Waals surface area contributed by atoms with Crippen LogP contribution >= 0.6 is 0 Å². The molecule has 0 N–H and O–H groups in total. The van der Waals surface area contributed by atoms with Gasteiger partial charge in [0.1, 0.15) is 28.2 Å². The lowest BCUT2D eigenvalue weighted by Crippen LogP contribution is -2.28. The molecule has 3 rings (SSSR count). The molecule has 0 spiro atoms. The summed E-state index contributed by atoms with van der Waals surface area (Å²) in [4.78, 5) is 12.7. The smallest absolute Gasteiger partial charge is 0.196 e. The van der Waals surface area contributed by atoms with E-state index in [1.165, 1.54) is 11.6 Å². The Kier molecular flexibility index (Phi) is 4.23. The highest BCUT2D eigenvalue weighted by Crippen LogP contribution is 2.44. The highest BCUT2D eigenvalue weighted by Gasteiger charge is 2.30. The van der Waals surface area contributed by atoms with Gasteiger partial charge in [0.15, 0.2) is 11.0 Å². The van der Waals surface area contributed by atoms with E-state index < -0.39 is 5.60 Å². The summed E-state index contributed by atoms with van der Waals surface area (Å²) in [5, 5.41) is 0.469. The zero-order valence-electron chi connectivity index (χ0n) is 15.6. The second-order valence-electron chi connectivity index (χ2n) is 7.20. The molecular formula is C21H24O4. The number of hydrogen-bond acceptors (Lipinski definition) is 4. The van der Waals surface area contributed by atoms with E-state index in [0.717, 1.165) is 16.9 Å². The minimum atomic E-state index is -0.435. The lowest BCUT2D eigenvalue weighted by atomic mass is 9.94. The molecular weight excluding hydrogens is 316 g/mol. The average Bonchev–Trinajstić information content (AvgIpc) is 2.50. The minimum Gasteiger partial charge on any atom is -0.495 e. The quantitative estimate of drug-likeness (QED) is 0.753. The molecule has 1 aliphatic heterocycles. The number of allylic oxidation sites excluding steroid dienone is 2. The van der Waals surface area contributed by atoms with Crippen molar-refractivity contribution in [3.05, 3.63) is 50.9 Å². The molecule has 0 atom stereocenters. The molecule has 0 unspecified atom stereocenters. The molecule has 4 nitrogen and oxygen atoms in total. The molecule has 1 aromatic heterocycles. The summed E-state index contributed by atoms with van der Waals surface area (Å²) >= 11 is 0. The second kappa shape index (κ2) is 6.10. The highest BCUT2D eigenvalue weighted by molar-refractivity contribution is 5.95. The van der Waals surface area contributed by atoms with E-state index in [1.54, 1.807) is 14.0 Å². The first-order valence-corrected chi connectivity index (χ1v) is 8.42. The van der Waals surface area contributed by atoms with Crippen LogP contribution in [0.3, 0.4) is 0 Å². The number of rotatable bonds is 3. The Morgan fingerprint density at radius 1 is 1.32 bits per heavy atom. The van der Waals surface area contributed by atoms with E-state index in [-0.39, 0.29) is 5.43 Å². The third kappa shape index (κ3) is 3.09. The number of benzene rings is 1. The topological polar surface area (TPSA) is 48.7 Å². The number of ether oxygens (including phenoxy) is 2. The largest absolute Gasteiger partial charge is 0.495 e. The molecule has 132 valence electrons. The second-order valence-corrected chi connectivity index (χ2v) is 7.20. The van der Waals surface area contributed by atoms with Crippen LogP contribution in [-0.4, -0.2) is 12.7 Å². The third-order valence-corrected chi connectivity index (χ3v) is 4.27. The van der Waals surface area contributed by atoms with Crippen LogP contribution in [0.2, 0.25) is 0 Å². The van der Waals surface area contributed by atoms with Gasteiger partial charge in [-0.25, -0.2) is 0 Å². The molecule has 0 radical (unpaired) electrons. The van der Waals surface area contributed by atoms with E-state index in [4.69, 9.17) is 13.9 Å². The third-order valence-electron chi connectivity index (χ3n) is 4.27.